The zero-order valence-corrected chi connectivity index (χ0v) is 14.7. The van der Waals surface area contributed by atoms with Crippen molar-refractivity contribution in [3.8, 4) is 0 Å². The number of hydrogen-bond donors (Lipinski definition) is 2. The van der Waals surface area contributed by atoms with Gasteiger partial charge in [-0.1, -0.05) is 0 Å². The number of nitrogens with zero attached hydrogens (tertiary/aromatic N) is 2. The second kappa shape index (κ2) is 7.70. The summed E-state index contributed by atoms with van der Waals surface area (Å²) in [5.41, 5.74) is 1.11. The molecule has 0 saturated carbocycles. The molecule has 1 amide bonds. The van der Waals surface area contributed by atoms with Gasteiger partial charge in [-0.2, -0.15) is 0 Å². The van der Waals surface area contributed by atoms with Crippen LogP contribution in [0.25, 0.3) is 0 Å². The van der Waals surface area contributed by atoms with E-state index in [1.165, 1.54) is 12.8 Å². The first-order chi connectivity index (χ1) is 12.3. The third kappa shape index (κ3) is 4.30. The fourth-order valence-electron chi connectivity index (χ4n) is 4.41. The van der Waals surface area contributed by atoms with Crippen LogP contribution in [0.5, 0.6) is 0 Å². The quantitative estimate of drug-likeness (QED) is 0.846. The van der Waals surface area contributed by atoms with E-state index < -0.39 is 0 Å². The normalized spacial score (nSPS) is 28.8. The number of rotatable bonds is 5. The van der Waals surface area contributed by atoms with Crippen molar-refractivity contribution in [1.82, 2.24) is 15.6 Å². The van der Waals surface area contributed by atoms with Gasteiger partial charge in [-0.25, -0.2) is 4.98 Å². The molecule has 4 rings (SSSR count). The lowest BCUT2D eigenvalue weighted by molar-refractivity contribution is -0.122. The van der Waals surface area contributed by atoms with Crippen LogP contribution in [0, 0.1) is 5.92 Å². The third-order valence-corrected chi connectivity index (χ3v) is 5.68. The van der Waals surface area contributed by atoms with Crippen LogP contribution in [0.2, 0.25) is 0 Å². The van der Waals surface area contributed by atoms with E-state index in [1.54, 1.807) is 0 Å². The van der Waals surface area contributed by atoms with Crippen molar-refractivity contribution >= 4 is 11.7 Å². The second-order valence-electron chi connectivity index (χ2n) is 7.58. The highest BCUT2D eigenvalue weighted by molar-refractivity contribution is 5.76. The molecule has 1 aromatic rings. The predicted octanol–water partition coefficient (Wildman–Crippen LogP) is 1.46. The number of nitrogens with one attached hydrogen (secondary N) is 2. The average Bonchev–Trinajstić information content (AvgIpc) is 2.99. The van der Waals surface area contributed by atoms with Crippen LogP contribution in [0.1, 0.15) is 37.7 Å². The van der Waals surface area contributed by atoms with Crippen LogP contribution in [0.15, 0.2) is 18.3 Å². The summed E-state index contributed by atoms with van der Waals surface area (Å²) in [4.78, 5) is 19.0. The van der Waals surface area contributed by atoms with Crippen molar-refractivity contribution in [2.45, 2.75) is 50.7 Å². The van der Waals surface area contributed by atoms with Gasteiger partial charge >= 0.3 is 0 Å². The van der Waals surface area contributed by atoms with E-state index in [-0.39, 0.29) is 5.91 Å². The maximum absolute atomic E-state index is 12.3. The molecule has 0 spiro atoms. The van der Waals surface area contributed by atoms with Crippen LogP contribution >= 0.6 is 0 Å². The smallest absolute Gasteiger partial charge is 0.220 e. The molecule has 1 aromatic heterocycles. The highest BCUT2D eigenvalue weighted by atomic mass is 16.5. The highest BCUT2D eigenvalue weighted by Gasteiger charge is 2.34. The van der Waals surface area contributed by atoms with E-state index in [2.05, 4.69) is 26.6 Å². The molecule has 4 heterocycles. The molecule has 2 bridgehead atoms. The summed E-state index contributed by atoms with van der Waals surface area (Å²) < 4.78 is 5.39. The maximum Gasteiger partial charge on any atom is 0.220 e. The number of piperidine rings is 1. The maximum atomic E-state index is 12.3. The summed E-state index contributed by atoms with van der Waals surface area (Å²) in [6.07, 6.45) is 7.36. The highest BCUT2D eigenvalue weighted by Crippen LogP contribution is 2.32. The van der Waals surface area contributed by atoms with Crippen molar-refractivity contribution in [1.29, 1.82) is 0 Å². The molecular formula is C19H28N4O2. The Bertz CT molecular complexity index is 591. The molecule has 0 aliphatic carbocycles. The Labute approximate surface area is 149 Å². The zero-order chi connectivity index (χ0) is 17.1. The molecule has 3 aliphatic rings. The number of aromatic nitrogens is 1. The monoisotopic (exact) mass is 344 g/mol. The summed E-state index contributed by atoms with van der Waals surface area (Å²) in [6, 6.07) is 5.35. The molecule has 3 saturated heterocycles. The molecule has 136 valence electrons. The standard InChI is InChI=1S/C19H28N4O2/c24-19(12-15-9-16-1-2-17(10-15)22-16)21-13-14-3-4-20-18(11-14)23-5-7-25-8-6-23/h3-4,11,15-17,22H,1-2,5-10,12-13H2,(H,21,24). The Kier molecular flexibility index (Phi) is 5.17. The topological polar surface area (TPSA) is 66.5 Å². The first-order valence-corrected chi connectivity index (χ1v) is 9.56. The number of morpholine rings is 1. The van der Waals surface area contributed by atoms with Crippen molar-refractivity contribution < 1.29 is 9.53 Å². The van der Waals surface area contributed by atoms with E-state index in [9.17, 15) is 4.79 Å². The molecule has 0 aromatic carbocycles. The minimum Gasteiger partial charge on any atom is -0.378 e. The number of ether oxygens (including phenoxy) is 1. The molecule has 3 aliphatic heterocycles. The number of anilines is 1. The molecule has 3 fully saturated rings. The lowest BCUT2D eigenvalue weighted by Crippen LogP contribution is -2.39. The van der Waals surface area contributed by atoms with Gasteiger partial charge in [-0.15, -0.1) is 0 Å². The Morgan fingerprint density at radius 2 is 2.04 bits per heavy atom. The van der Waals surface area contributed by atoms with Crippen LogP contribution in [-0.2, 0) is 16.1 Å². The van der Waals surface area contributed by atoms with E-state index >= 15 is 0 Å². The van der Waals surface area contributed by atoms with Gasteiger partial charge in [0, 0.05) is 44.3 Å². The summed E-state index contributed by atoms with van der Waals surface area (Å²) in [5, 5.41) is 6.73. The van der Waals surface area contributed by atoms with Crippen molar-refractivity contribution in [3.05, 3.63) is 23.9 Å². The molecule has 25 heavy (non-hydrogen) atoms. The molecule has 0 radical (unpaired) electrons. The fraction of sp³-hybridized carbons (Fsp3) is 0.684. The van der Waals surface area contributed by atoms with Gasteiger partial charge in [0.05, 0.1) is 13.2 Å². The van der Waals surface area contributed by atoms with Crippen LogP contribution < -0.4 is 15.5 Å². The second-order valence-corrected chi connectivity index (χ2v) is 7.58. The number of hydrogen-bond acceptors (Lipinski definition) is 5. The Morgan fingerprint density at radius 1 is 1.28 bits per heavy atom. The number of pyridine rings is 1. The number of carbonyl (C=O) groups excluding carboxylic acids is 1. The summed E-state index contributed by atoms with van der Waals surface area (Å²) in [5.74, 6) is 1.70. The molecule has 2 N–H and O–H groups in total. The van der Waals surface area contributed by atoms with Gasteiger partial charge in [0.15, 0.2) is 0 Å². The predicted molar refractivity (Wildman–Crippen MR) is 96.4 cm³/mol. The lowest BCUT2D eigenvalue weighted by atomic mass is 9.89. The minimum atomic E-state index is 0.177. The SMILES string of the molecule is O=C(CC1CC2CCC(C1)N2)NCc1ccnc(N2CCOCC2)c1. The van der Waals surface area contributed by atoms with Crippen LogP contribution in [-0.4, -0.2) is 49.3 Å². The number of carbonyl (C=O) groups is 1. The van der Waals surface area contributed by atoms with Gasteiger partial charge in [0.2, 0.25) is 5.91 Å². The summed E-state index contributed by atoms with van der Waals surface area (Å²) >= 11 is 0. The first-order valence-electron chi connectivity index (χ1n) is 9.56. The van der Waals surface area contributed by atoms with Gasteiger partial charge in [0.1, 0.15) is 5.82 Å². The zero-order valence-electron chi connectivity index (χ0n) is 14.7. The van der Waals surface area contributed by atoms with Crippen LogP contribution in [0.4, 0.5) is 5.82 Å². The summed E-state index contributed by atoms with van der Waals surface area (Å²) in [6.45, 7) is 3.83. The molecule has 6 nitrogen and oxygen atoms in total. The van der Waals surface area contributed by atoms with Crippen molar-refractivity contribution in [2.24, 2.45) is 5.92 Å². The van der Waals surface area contributed by atoms with Gasteiger partial charge in [-0.05, 0) is 49.3 Å². The van der Waals surface area contributed by atoms with Crippen LogP contribution in [0.3, 0.4) is 0 Å². The van der Waals surface area contributed by atoms with Crippen molar-refractivity contribution in [3.63, 3.8) is 0 Å². The fourth-order valence-corrected chi connectivity index (χ4v) is 4.41. The summed E-state index contributed by atoms with van der Waals surface area (Å²) in [7, 11) is 0. The van der Waals surface area contributed by atoms with Gasteiger partial charge in [0.25, 0.3) is 0 Å². The Balaban J connectivity index is 1.27. The van der Waals surface area contributed by atoms with Gasteiger partial charge < -0.3 is 20.3 Å². The molecule has 2 atom stereocenters. The van der Waals surface area contributed by atoms with E-state index in [4.69, 9.17) is 4.74 Å². The molecule has 2 unspecified atom stereocenters. The molecular weight excluding hydrogens is 316 g/mol. The number of fused-ring (bicyclic) bond motifs is 2. The first kappa shape index (κ1) is 16.8. The lowest BCUT2D eigenvalue weighted by Gasteiger charge is -2.28. The third-order valence-electron chi connectivity index (χ3n) is 5.68. The molecule has 6 heteroatoms. The average molecular weight is 344 g/mol. The minimum absolute atomic E-state index is 0.177. The van der Waals surface area contributed by atoms with E-state index in [0.717, 1.165) is 50.5 Å². The van der Waals surface area contributed by atoms with Gasteiger partial charge in [-0.3, -0.25) is 4.79 Å². The van der Waals surface area contributed by atoms with E-state index in [1.807, 2.05) is 12.3 Å². The van der Waals surface area contributed by atoms with Crippen molar-refractivity contribution in [2.75, 3.05) is 31.2 Å². The number of amides is 1. The Hall–Kier alpha value is -1.66. The van der Waals surface area contributed by atoms with E-state index in [0.29, 0.717) is 31.0 Å². The Morgan fingerprint density at radius 3 is 2.80 bits per heavy atom. The largest absolute Gasteiger partial charge is 0.378 e.